The first-order valence-corrected chi connectivity index (χ1v) is 12.2. The Hall–Kier alpha value is -3.53. The molecule has 3 aromatic rings. The molecule has 0 bridgehead atoms. The summed E-state index contributed by atoms with van der Waals surface area (Å²) in [7, 11) is 0. The molecule has 0 amide bonds. The van der Waals surface area contributed by atoms with Gasteiger partial charge in [0.05, 0.1) is 24.0 Å². The van der Waals surface area contributed by atoms with Crippen LogP contribution in [0.3, 0.4) is 0 Å². The molecule has 0 atom stereocenters. The first-order valence-electron chi connectivity index (χ1n) is 12.2. The van der Waals surface area contributed by atoms with Crippen LogP contribution in [0.2, 0.25) is 0 Å². The second kappa shape index (κ2) is 10.4. The maximum atomic E-state index is 14.9. The van der Waals surface area contributed by atoms with Gasteiger partial charge in [-0.05, 0) is 57.0 Å². The fraction of sp³-hybridized carbons (Fsp3) is 0.440. The predicted molar refractivity (Wildman–Crippen MR) is 138 cm³/mol. The van der Waals surface area contributed by atoms with Gasteiger partial charge in [0.25, 0.3) is 0 Å². The number of likely N-dealkylation sites (tertiary alicyclic amines) is 1. The minimum Gasteiger partial charge on any atom is -0.399 e. The molecule has 5 N–H and O–H groups in total. The molecule has 10 heteroatoms. The van der Waals surface area contributed by atoms with Crippen LogP contribution in [0, 0.1) is 11.2 Å². The van der Waals surface area contributed by atoms with E-state index in [-0.39, 0.29) is 17.4 Å². The molecule has 1 aliphatic rings. The highest BCUT2D eigenvalue weighted by atomic mass is 19.1. The van der Waals surface area contributed by atoms with Crippen LogP contribution in [0.4, 0.5) is 4.39 Å². The van der Waals surface area contributed by atoms with Crippen LogP contribution in [0.5, 0.6) is 0 Å². The molecule has 1 fully saturated rings. The second-order valence-corrected chi connectivity index (χ2v) is 8.88. The number of aryl methyl sites for hydroxylation is 2. The van der Waals surface area contributed by atoms with Crippen molar-refractivity contribution >= 4 is 28.3 Å². The van der Waals surface area contributed by atoms with E-state index in [4.69, 9.17) is 16.9 Å². The van der Waals surface area contributed by atoms with Crippen molar-refractivity contribution in [2.75, 3.05) is 19.6 Å². The van der Waals surface area contributed by atoms with Gasteiger partial charge in [0, 0.05) is 29.7 Å². The molecule has 9 nitrogen and oxygen atoms in total. The number of halogens is 1. The van der Waals surface area contributed by atoms with E-state index in [1.165, 1.54) is 23.9 Å². The number of nitrogens with one attached hydrogen (secondary N) is 1. The summed E-state index contributed by atoms with van der Waals surface area (Å²) in [6.45, 7) is 11.8. The lowest BCUT2D eigenvalue weighted by Gasteiger charge is -2.26. The summed E-state index contributed by atoms with van der Waals surface area (Å²) in [6, 6.07) is 3.69. The summed E-state index contributed by atoms with van der Waals surface area (Å²) in [5.41, 5.74) is 15.1. The van der Waals surface area contributed by atoms with Crippen LogP contribution in [0.25, 0.3) is 16.6 Å². The van der Waals surface area contributed by atoms with Gasteiger partial charge >= 0.3 is 0 Å². The quantitative estimate of drug-likeness (QED) is 0.338. The smallest absolute Gasteiger partial charge is 0.175 e. The van der Waals surface area contributed by atoms with Gasteiger partial charge in [-0.15, -0.1) is 0 Å². The SMILES string of the molecule is C=C(N)c1cc(C(=N)N=C(N)c2c(F)c(CC)nn2CC)c2cnn(CCN3CCCCC3)c2c1. The first-order chi connectivity index (χ1) is 16.8. The van der Waals surface area contributed by atoms with Crippen molar-refractivity contribution in [2.24, 2.45) is 16.5 Å². The van der Waals surface area contributed by atoms with E-state index in [0.717, 1.165) is 37.1 Å². The molecular weight excluding hydrogens is 445 g/mol. The highest BCUT2D eigenvalue weighted by molar-refractivity contribution is 6.14. The van der Waals surface area contributed by atoms with E-state index in [2.05, 4.69) is 26.7 Å². The van der Waals surface area contributed by atoms with E-state index in [1.807, 2.05) is 24.6 Å². The Morgan fingerprint density at radius 3 is 2.54 bits per heavy atom. The Morgan fingerprint density at radius 2 is 1.89 bits per heavy atom. The van der Waals surface area contributed by atoms with Crippen LogP contribution < -0.4 is 11.5 Å². The van der Waals surface area contributed by atoms with Crippen molar-refractivity contribution in [3.05, 3.63) is 53.2 Å². The number of benzene rings is 1. The van der Waals surface area contributed by atoms with E-state index < -0.39 is 5.82 Å². The molecule has 0 radical (unpaired) electrons. The maximum Gasteiger partial charge on any atom is 0.175 e. The van der Waals surface area contributed by atoms with Gasteiger partial charge in [-0.25, -0.2) is 9.38 Å². The summed E-state index contributed by atoms with van der Waals surface area (Å²) in [5.74, 6) is -0.695. The molecular formula is C25H34FN9. The van der Waals surface area contributed by atoms with Crippen molar-refractivity contribution in [3.8, 4) is 0 Å². The Morgan fingerprint density at radius 1 is 1.14 bits per heavy atom. The monoisotopic (exact) mass is 479 g/mol. The average Bonchev–Trinajstić information content (AvgIpc) is 3.42. The first kappa shape index (κ1) is 24.6. The molecule has 0 spiro atoms. The van der Waals surface area contributed by atoms with Crippen LogP contribution in [-0.2, 0) is 19.5 Å². The third-order valence-corrected chi connectivity index (χ3v) is 6.54. The van der Waals surface area contributed by atoms with Crippen molar-refractivity contribution in [3.63, 3.8) is 0 Å². The topological polar surface area (TPSA) is 127 Å². The standard InChI is InChI=1S/C25H34FN9/c1-4-20-22(26)23(34(5-2)32-20)25(29)31-24(28)18-13-17(16(3)27)14-21-19(18)15-30-35(21)12-11-33-9-7-6-8-10-33/h13-15H,3-12,27H2,1-2H3,(H3,28,29,31). The fourth-order valence-corrected chi connectivity index (χ4v) is 4.58. The van der Waals surface area contributed by atoms with Crippen molar-refractivity contribution in [1.29, 1.82) is 5.41 Å². The number of piperidine rings is 1. The highest BCUT2D eigenvalue weighted by Crippen LogP contribution is 2.25. The lowest BCUT2D eigenvalue weighted by Crippen LogP contribution is -2.32. The van der Waals surface area contributed by atoms with E-state index >= 15 is 0 Å². The lowest BCUT2D eigenvalue weighted by molar-refractivity contribution is 0.219. The minimum atomic E-state index is -0.497. The number of nitrogens with zero attached hydrogens (tertiary/aromatic N) is 6. The van der Waals surface area contributed by atoms with Gasteiger partial charge in [-0.2, -0.15) is 10.2 Å². The van der Waals surface area contributed by atoms with Crippen molar-refractivity contribution in [2.45, 2.75) is 52.6 Å². The minimum absolute atomic E-state index is 0.0934. The van der Waals surface area contributed by atoms with Crippen LogP contribution in [-0.4, -0.2) is 55.8 Å². The number of hydrogen-bond acceptors (Lipinski definition) is 5. The third-order valence-electron chi connectivity index (χ3n) is 6.54. The molecule has 3 heterocycles. The van der Waals surface area contributed by atoms with E-state index in [0.29, 0.717) is 35.5 Å². The zero-order valence-electron chi connectivity index (χ0n) is 20.5. The van der Waals surface area contributed by atoms with Gasteiger partial charge in [-0.3, -0.25) is 14.8 Å². The van der Waals surface area contributed by atoms with Crippen LogP contribution >= 0.6 is 0 Å². The number of fused-ring (bicyclic) bond motifs is 1. The predicted octanol–water partition coefficient (Wildman–Crippen LogP) is 3.10. The van der Waals surface area contributed by atoms with Gasteiger partial charge in [0.15, 0.2) is 17.5 Å². The van der Waals surface area contributed by atoms with Crippen molar-refractivity contribution in [1.82, 2.24) is 24.5 Å². The molecule has 0 unspecified atom stereocenters. The maximum absolute atomic E-state index is 14.9. The molecule has 2 aromatic heterocycles. The normalized spacial score (nSPS) is 15.1. The number of amidine groups is 2. The molecule has 1 saturated heterocycles. The Bertz CT molecular complexity index is 1280. The van der Waals surface area contributed by atoms with Gasteiger partial charge < -0.3 is 16.4 Å². The molecule has 0 saturated carbocycles. The van der Waals surface area contributed by atoms with Crippen molar-refractivity contribution < 1.29 is 4.39 Å². The average molecular weight is 480 g/mol. The molecule has 186 valence electrons. The number of aliphatic imine (C=N–C) groups is 1. The summed E-state index contributed by atoms with van der Waals surface area (Å²) < 4.78 is 18.3. The van der Waals surface area contributed by atoms with Gasteiger partial charge in [0.1, 0.15) is 5.69 Å². The fourth-order valence-electron chi connectivity index (χ4n) is 4.58. The molecule has 1 aliphatic heterocycles. The lowest BCUT2D eigenvalue weighted by atomic mass is 10.0. The number of hydrogen-bond donors (Lipinski definition) is 3. The Balaban J connectivity index is 1.70. The van der Waals surface area contributed by atoms with Gasteiger partial charge in [-0.1, -0.05) is 19.9 Å². The van der Waals surface area contributed by atoms with E-state index in [9.17, 15) is 4.39 Å². The zero-order chi connectivity index (χ0) is 25.1. The Kier molecular flexibility index (Phi) is 7.30. The number of rotatable bonds is 8. The summed E-state index contributed by atoms with van der Waals surface area (Å²) in [4.78, 5) is 6.73. The largest absolute Gasteiger partial charge is 0.399 e. The molecule has 4 rings (SSSR count). The van der Waals surface area contributed by atoms with E-state index in [1.54, 1.807) is 12.3 Å². The number of nitrogens with two attached hydrogens (primary N) is 2. The molecule has 1 aromatic carbocycles. The molecule has 0 aliphatic carbocycles. The summed E-state index contributed by atoms with van der Waals surface area (Å²) in [5, 5.41) is 18.3. The molecule has 35 heavy (non-hydrogen) atoms. The second-order valence-electron chi connectivity index (χ2n) is 8.88. The highest BCUT2D eigenvalue weighted by Gasteiger charge is 2.21. The van der Waals surface area contributed by atoms with Crippen LogP contribution in [0.15, 0.2) is 29.9 Å². The van der Waals surface area contributed by atoms with Crippen LogP contribution in [0.1, 0.15) is 55.6 Å². The third kappa shape index (κ3) is 4.97. The zero-order valence-corrected chi connectivity index (χ0v) is 20.5. The summed E-state index contributed by atoms with van der Waals surface area (Å²) in [6.07, 6.45) is 5.93. The van der Waals surface area contributed by atoms with Gasteiger partial charge in [0.2, 0.25) is 0 Å². The summed E-state index contributed by atoms with van der Waals surface area (Å²) >= 11 is 0. The Labute approximate surface area is 204 Å². The number of aromatic nitrogens is 4.